The molecule has 4 atom stereocenters. The Bertz CT molecular complexity index is 336. The molecule has 3 rings (SSSR count). The van der Waals surface area contributed by atoms with Gasteiger partial charge in [-0.25, -0.2) is 0 Å². The molecule has 82 valence electrons. The van der Waals surface area contributed by atoms with E-state index < -0.39 is 0 Å². The Balaban J connectivity index is 1.85. The molecule has 0 radical (unpaired) electrons. The summed E-state index contributed by atoms with van der Waals surface area (Å²) in [4.78, 5) is 22.8. The quantitative estimate of drug-likeness (QED) is 0.616. The second-order valence-electron chi connectivity index (χ2n) is 5.21. The highest BCUT2D eigenvalue weighted by molar-refractivity contribution is 5.90. The van der Waals surface area contributed by atoms with Gasteiger partial charge in [-0.15, -0.1) is 0 Å². The molecule has 0 aliphatic heterocycles. The zero-order valence-electron chi connectivity index (χ0n) is 8.99. The Kier molecular flexibility index (Phi) is 1.77. The molecule has 3 fully saturated rings. The van der Waals surface area contributed by atoms with Crippen LogP contribution in [0, 0.1) is 17.3 Å². The topological polar surface area (TPSA) is 43.4 Å². The summed E-state index contributed by atoms with van der Waals surface area (Å²) < 4.78 is 5.34. The number of hydrogen-bond donors (Lipinski definition) is 0. The second kappa shape index (κ2) is 2.83. The van der Waals surface area contributed by atoms with Crippen molar-refractivity contribution in [3.8, 4) is 0 Å². The molecule has 0 aromatic carbocycles. The van der Waals surface area contributed by atoms with Crippen LogP contribution in [0.1, 0.15) is 39.0 Å². The van der Waals surface area contributed by atoms with E-state index in [9.17, 15) is 9.59 Å². The maximum atomic E-state index is 11.8. The monoisotopic (exact) mass is 208 g/mol. The van der Waals surface area contributed by atoms with Crippen LogP contribution in [0.25, 0.3) is 0 Å². The van der Waals surface area contributed by atoms with Crippen LogP contribution < -0.4 is 0 Å². The molecule has 3 saturated carbocycles. The average molecular weight is 208 g/mol. The largest absolute Gasteiger partial charge is 0.461 e. The van der Waals surface area contributed by atoms with Crippen molar-refractivity contribution in [2.75, 3.05) is 0 Å². The first-order valence-corrected chi connectivity index (χ1v) is 5.86. The lowest BCUT2D eigenvalue weighted by atomic mass is 9.84. The van der Waals surface area contributed by atoms with Crippen molar-refractivity contribution in [3.05, 3.63) is 0 Å². The fourth-order valence-electron chi connectivity index (χ4n) is 4.09. The van der Waals surface area contributed by atoms with Crippen LogP contribution >= 0.6 is 0 Å². The van der Waals surface area contributed by atoms with Gasteiger partial charge in [-0.2, -0.15) is 0 Å². The minimum absolute atomic E-state index is 0.0843. The molecule has 3 aliphatic rings. The summed E-state index contributed by atoms with van der Waals surface area (Å²) >= 11 is 0. The van der Waals surface area contributed by atoms with Gasteiger partial charge >= 0.3 is 5.97 Å². The smallest absolute Gasteiger partial charge is 0.302 e. The molecule has 0 aromatic rings. The van der Waals surface area contributed by atoms with Crippen LogP contribution in [0.5, 0.6) is 0 Å². The van der Waals surface area contributed by atoms with Crippen LogP contribution in [-0.4, -0.2) is 17.9 Å². The summed E-state index contributed by atoms with van der Waals surface area (Å²) in [6.07, 6.45) is 5.06. The minimum Gasteiger partial charge on any atom is -0.461 e. The first-order chi connectivity index (χ1) is 7.16. The molecule has 3 nitrogen and oxygen atoms in total. The van der Waals surface area contributed by atoms with Crippen molar-refractivity contribution in [1.82, 2.24) is 0 Å². The number of fused-ring (bicyclic) bond motifs is 1. The standard InChI is InChI=1S/C12H16O3/c1-7(13)15-10-6-9(14)11-8-4-2-3-5-12(8,10)11/h8,10-11H,2-6H2,1H3. The summed E-state index contributed by atoms with van der Waals surface area (Å²) in [7, 11) is 0. The van der Waals surface area contributed by atoms with E-state index >= 15 is 0 Å². The van der Waals surface area contributed by atoms with E-state index in [1.165, 1.54) is 19.8 Å². The van der Waals surface area contributed by atoms with Crippen molar-refractivity contribution >= 4 is 11.8 Å². The Hall–Kier alpha value is -0.860. The van der Waals surface area contributed by atoms with E-state index in [2.05, 4.69) is 0 Å². The average Bonchev–Trinajstić information content (AvgIpc) is 2.78. The zero-order chi connectivity index (χ0) is 10.6. The van der Waals surface area contributed by atoms with Crippen molar-refractivity contribution in [3.63, 3.8) is 0 Å². The summed E-state index contributed by atoms with van der Waals surface area (Å²) in [5.41, 5.74) is 0.0843. The lowest BCUT2D eigenvalue weighted by Gasteiger charge is -2.27. The molecule has 0 bridgehead atoms. The summed E-state index contributed by atoms with van der Waals surface area (Å²) in [6.45, 7) is 1.44. The van der Waals surface area contributed by atoms with Crippen LogP contribution in [0.15, 0.2) is 0 Å². The van der Waals surface area contributed by atoms with Gasteiger partial charge in [-0.3, -0.25) is 9.59 Å². The second-order valence-corrected chi connectivity index (χ2v) is 5.21. The third-order valence-electron chi connectivity index (χ3n) is 4.58. The molecule has 0 saturated heterocycles. The molecule has 0 N–H and O–H groups in total. The maximum Gasteiger partial charge on any atom is 0.302 e. The van der Waals surface area contributed by atoms with Gasteiger partial charge in [-0.05, 0) is 18.8 Å². The fraction of sp³-hybridized carbons (Fsp3) is 0.833. The summed E-state index contributed by atoms with van der Waals surface area (Å²) in [5, 5.41) is 0. The number of hydrogen-bond acceptors (Lipinski definition) is 3. The Labute approximate surface area is 89.2 Å². The highest BCUT2D eigenvalue weighted by Gasteiger charge is 2.76. The molecule has 0 heterocycles. The highest BCUT2D eigenvalue weighted by atomic mass is 16.5. The number of carbonyl (C=O) groups is 2. The van der Waals surface area contributed by atoms with Gasteiger partial charge in [0, 0.05) is 24.7 Å². The number of carbonyl (C=O) groups excluding carboxylic acids is 2. The predicted octanol–water partition coefficient (Wildman–Crippen LogP) is 1.70. The van der Waals surface area contributed by atoms with E-state index in [4.69, 9.17) is 4.74 Å². The SMILES string of the molecule is CC(=O)OC1CC(=O)C2C3CCCCC132. The fourth-order valence-corrected chi connectivity index (χ4v) is 4.09. The number of esters is 1. The molecule has 1 spiro atoms. The number of Topliss-reactive ketones (excluding diaryl/α,β-unsaturated/α-hetero) is 1. The van der Waals surface area contributed by atoms with Crippen molar-refractivity contribution in [1.29, 1.82) is 0 Å². The predicted molar refractivity (Wildman–Crippen MR) is 53.1 cm³/mol. The van der Waals surface area contributed by atoms with E-state index in [1.54, 1.807) is 0 Å². The van der Waals surface area contributed by atoms with Gasteiger partial charge in [0.25, 0.3) is 0 Å². The van der Waals surface area contributed by atoms with Gasteiger partial charge in [-0.1, -0.05) is 12.8 Å². The number of ether oxygens (including phenoxy) is 1. The molecule has 4 unspecified atom stereocenters. The summed E-state index contributed by atoms with van der Waals surface area (Å²) in [5.74, 6) is 0.883. The normalized spacial score (nSPS) is 47.0. The van der Waals surface area contributed by atoms with Crippen LogP contribution in [-0.2, 0) is 14.3 Å². The molecule has 0 aromatic heterocycles. The third-order valence-corrected chi connectivity index (χ3v) is 4.58. The van der Waals surface area contributed by atoms with Crippen LogP contribution in [0.3, 0.4) is 0 Å². The minimum atomic E-state index is -0.237. The maximum absolute atomic E-state index is 11.8. The highest BCUT2D eigenvalue weighted by Crippen LogP contribution is 2.73. The first kappa shape index (κ1) is 9.37. The Morgan fingerprint density at radius 3 is 3.00 bits per heavy atom. The van der Waals surface area contributed by atoms with Crippen molar-refractivity contribution in [2.45, 2.75) is 45.1 Å². The van der Waals surface area contributed by atoms with Gasteiger partial charge in [0.05, 0.1) is 0 Å². The van der Waals surface area contributed by atoms with Gasteiger partial charge < -0.3 is 4.74 Å². The van der Waals surface area contributed by atoms with Gasteiger partial charge in [0.1, 0.15) is 11.9 Å². The van der Waals surface area contributed by atoms with Crippen molar-refractivity contribution in [2.24, 2.45) is 17.3 Å². The lowest BCUT2D eigenvalue weighted by molar-refractivity contribution is -0.150. The zero-order valence-corrected chi connectivity index (χ0v) is 8.99. The Morgan fingerprint density at radius 2 is 2.27 bits per heavy atom. The molecule has 3 heteroatoms. The van der Waals surface area contributed by atoms with E-state index in [1.807, 2.05) is 0 Å². The number of ketones is 1. The summed E-state index contributed by atoms with van der Waals surface area (Å²) in [6, 6.07) is 0. The van der Waals surface area contributed by atoms with Gasteiger partial charge in [0.15, 0.2) is 0 Å². The molecule has 15 heavy (non-hydrogen) atoms. The third kappa shape index (κ3) is 1.06. The first-order valence-electron chi connectivity index (χ1n) is 5.86. The van der Waals surface area contributed by atoms with E-state index in [0.29, 0.717) is 18.1 Å². The van der Waals surface area contributed by atoms with Crippen molar-refractivity contribution < 1.29 is 14.3 Å². The van der Waals surface area contributed by atoms with E-state index in [-0.39, 0.29) is 23.4 Å². The molecular weight excluding hydrogens is 192 g/mol. The van der Waals surface area contributed by atoms with Crippen LogP contribution in [0.4, 0.5) is 0 Å². The van der Waals surface area contributed by atoms with Crippen LogP contribution in [0.2, 0.25) is 0 Å². The Morgan fingerprint density at radius 1 is 1.47 bits per heavy atom. The van der Waals surface area contributed by atoms with Gasteiger partial charge in [0.2, 0.25) is 0 Å². The molecule has 3 aliphatic carbocycles. The molecule has 0 amide bonds. The lowest BCUT2D eigenvalue weighted by Crippen LogP contribution is -2.29. The van der Waals surface area contributed by atoms with E-state index in [0.717, 1.165) is 12.8 Å². The molecular formula is C12H16O3. The number of rotatable bonds is 1.